The monoisotopic (exact) mass is 944 g/mol. The summed E-state index contributed by atoms with van der Waals surface area (Å²) >= 11 is 0. The Labute approximate surface area is 432 Å². The number of nitrogens with zero attached hydrogens (tertiary/aromatic N) is 1. The van der Waals surface area contributed by atoms with E-state index in [0.29, 0.717) is 11.8 Å². The quantitative estimate of drug-likeness (QED) is 0.161. The summed E-state index contributed by atoms with van der Waals surface area (Å²) in [6.45, 7) is 4.85. The highest BCUT2D eigenvalue weighted by molar-refractivity contribution is 6.03. The average Bonchev–Trinajstić information content (AvgIpc) is 3.97. The topological polar surface area (TPSA) is 3.24 Å². The summed E-state index contributed by atoms with van der Waals surface area (Å²) in [5.74, 6) is 8.50. The van der Waals surface area contributed by atoms with E-state index >= 15 is 0 Å². The third-order valence-electron chi connectivity index (χ3n) is 21.8. The predicted molar refractivity (Wildman–Crippen MR) is 300 cm³/mol. The smallest absolute Gasteiger partial charge is 0.0726 e. The van der Waals surface area contributed by atoms with Crippen LogP contribution in [-0.2, 0) is 10.8 Å². The van der Waals surface area contributed by atoms with Gasteiger partial charge in [-0.1, -0.05) is 166 Å². The lowest BCUT2D eigenvalue weighted by Crippen LogP contribution is -2.43. The number of para-hydroxylation sites is 1. The average molecular weight is 944 g/mol. The van der Waals surface area contributed by atoms with Crippen LogP contribution < -0.4 is 4.90 Å². The number of hydrogen-bond donors (Lipinski definition) is 0. The first-order valence-electron chi connectivity index (χ1n) is 28.6. The minimum absolute atomic E-state index is 0.136. The first kappa shape index (κ1) is 42.0. The van der Waals surface area contributed by atoms with E-state index in [4.69, 9.17) is 0 Å². The van der Waals surface area contributed by atoms with Gasteiger partial charge in [0.2, 0.25) is 0 Å². The molecular formula is C72H65N. The second-order valence-corrected chi connectivity index (χ2v) is 25.6. The molecule has 8 saturated carbocycles. The minimum atomic E-state index is -0.442. The molecule has 0 radical (unpaired) electrons. The van der Waals surface area contributed by atoms with Crippen molar-refractivity contribution >= 4 is 17.1 Å². The molecule has 0 unspecified atom stereocenters. The lowest BCUT2D eigenvalue weighted by atomic mass is 9.50. The Kier molecular flexibility index (Phi) is 8.68. The van der Waals surface area contributed by atoms with Gasteiger partial charge in [0, 0.05) is 22.2 Å². The van der Waals surface area contributed by atoms with Crippen LogP contribution in [0.3, 0.4) is 0 Å². The van der Waals surface area contributed by atoms with Gasteiger partial charge < -0.3 is 4.90 Å². The van der Waals surface area contributed by atoms with Crippen LogP contribution in [-0.4, -0.2) is 0 Å². The molecule has 0 heterocycles. The molecule has 73 heavy (non-hydrogen) atoms. The van der Waals surface area contributed by atoms with Gasteiger partial charge in [-0.2, -0.15) is 0 Å². The highest BCUT2D eigenvalue weighted by Gasteiger charge is 2.56. The van der Waals surface area contributed by atoms with Crippen LogP contribution in [0.15, 0.2) is 176 Å². The van der Waals surface area contributed by atoms with Crippen LogP contribution in [0.1, 0.15) is 134 Å². The maximum absolute atomic E-state index is 2.81. The zero-order valence-corrected chi connectivity index (χ0v) is 42.5. The maximum atomic E-state index is 2.81. The van der Waals surface area contributed by atoms with E-state index in [0.717, 1.165) is 47.3 Å². The van der Waals surface area contributed by atoms with Gasteiger partial charge in [0.25, 0.3) is 0 Å². The largest absolute Gasteiger partial charge is 0.309 e. The Morgan fingerprint density at radius 3 is 1.42 bits per heavy atom. The maximum Gasteiger partial charge on any atom is 0.0726 e. The molecule has 0 N–H and O–H groups in total. The van der Waals surface area contributed by atoms with E-state index in [1.54, 1.807) is 11.1 Å². The highest BCUT2D eigenvalue weighted by atomic mass is 15.1. The van der Waals surface area contributed by atoms with Gasteiger partial charge in [-0.15, -0.1) is 0 Å². The van der Waals surface area contributed by atoms with Crippen molar-refractivity contribution in [2.24, 2.45) is 47.3 Å². The van der Waals surface area contributed by atoms with Crippen LogP contribution in [0.4, 0.5) is 17.1 Å². The van der Waals surface area contributed by atoms with Crippen LogP contribution in [0.2, 0.25) is 0 Å². The van der Waals surface area contributed by atoms with E-state index in [2.05, 4.69) is 195 Å². The molecule has 19 rings (SSSR count). The fraction of sp³-hybridized carbons (Fsp3) is 0.333. The second kappa shape index (κ2) is 15.1. The fourth-order valence-electron chi connectivity index (χ4n) is 19.6. The molecule has 358 valence electrons. The second-order valence-electron chi connectivity index (χ2n) is 25.6. The highest BCUT2D eigenvalue weighted by Crippen LogP contribution is 2.68. The summed E-state index contributed by atoms with van der Waals surface area (Å²) in [6.07, 6.45) is 14.5. The minimum Gasteiger partial charge on any atom is -0.309 e. The van der Waals surface area contributed by atoms with Crippen molar-refractivity contribution < 1.29 is 0 Å². The van der Waals surface area contributed by atoms with E-state index in [-0.39, 0.29) is 5.41 Å². The van der Waals surface area contributed by atoms with Gasteiger partial charge in [0.1, 0.15) is 0 Å². The number of anilines is 3. The van der Waals surface area contributed by atoms with Crippen molar-refractivity contribution in [2.45, 2.75) is 101 Å². The molecule has 8 bridgehead atoms. The van der Waals surface area contributed by atoms with Gasteiger partial charge >= 0.3 is 0 Å². The van der Waals surface area contributed by atoms with Crippen LogP contribution >= 0.6 is 0 Å². The van der Waals surface area contributed by atoms with Crippen LogP contribution in [0.25, 0.3) is 44.5 Å². The van der Waals surface area contributed by atoms with Crippen molar-refractivity contribution in [3.8, 4) is 44.5 Å². The first-order chi connectivity index (χ1) is 35.9. The third-order valence-corrected chi connectivity index (χ3v) is 21.8. The molecule has 8 aromatic carbocycles. The Bertz CT molecular complexity index is 3460. The summed E-state index contributed by atoms with van der Waals surface area (Å²) in [6, 6.07) is 70.0. The summed E-state index contributed by atoms with van der Waals surface area (Å²) in [4.78, 5) is 2.66. The van der Waals surface area contributed by atoms with Gasteiger partial charge in [-0.25, -0.2) is 0 Å². The molecule has 11 aliphatic rings. The standard InChI is InChI=1S/C72H65N/c1-71(2)60-18-9-6-16-55(60)56-28-25-53(41-63(56)71)73(66-21-11-8-15-54(66)46-13-4-3-5-14-46)67-22-12-20-62-70(67)59-17-7-10-19-61(59)72(62)64-39-47(68-49-31-42-29-43(33-49)34-50(68)32-42)23-26-57(64)58-27-24-48(40-65(58)72)69-51-35-44-30-45(37-51)38-52(69)36-44/h3-28,39-45,49-52,68-69H,29-38H2,1-2H3. The van der Waals surface area contributed by atoms with Gasteiger partial charge in [0.05, 0.1) is 16.8 Å². The molecule has 1 nitrogen and oxygen atoms in total. The van der Waals surface area contributed by atoms with Crippen molar-refractivity contribution in [2.75, 3.05) is 4.90 Å². The van der Waals surface area contributed by atoms with Crippen molar-refractivity contribution in [1.82, 2.24) is 0 Å². The zero-order chi connectivity index (χ0) is 47.9. The van der Waals surface area contributed by atoms with E-state index in [1.807, 2.05) is 0 Å². The van der Waals surface area contributed by atoms with Gasteiger partial charge in [0.15, 0.2) is 0 Å². The van der Waals surface area contributed by atoms with Crippen LogP contribution in [0.5, 0.6) is 0 Å². The third kappa shape index (κ3) is 5.70. The Hall–Kier alpha value is -6.44. The summed E-state index contributed by atoms with van der Waals surface area (Å²) in [7, 11) is 0. The molecule has 0 aromatic heterocycles. The molecule has 0 amide bonds. The van der Waals surface area contributed by atoms with E-state index < -0.39 is 5.41 Å². The van der Waals surface area contributed by atoms with Crippen molar-refractivity contribution in [1.29, 1.82) is 0 Å². The van der Waals surface area contributed by atoms with Crippen molar-refractivity contribution in [3.63, 3.8) is 0 Å². The SMILES string of the molecule is CC1(C)c2ccccc2-c2ccc(N(c3ccccc3-c3ccccc3)c3cccc4c3-c3ccccc3C43c4cc(C5C6CC7CC(C6)CC5C7)ccc4-c4ccc(C5C6CC7CC(C6)CC5C7)cc43)cc21. The Balaban J connectivity index is 0.922. The molecule has 11 aliphatic carbocycles. The lowest BCUT2D eigenvalue weighted by molar-refractivity contribution is -0.00283. The number of hydrogen-bond acceptors (Lipinski definition) is 1. The summed E-state index contributed by atoms with van der Waals surface area (Å²) in [5.41, 5.74) is 26.0. The predicted octanol–water partition coefficient (Wildman–Crippen LogP) is 18.6. The van der Waals surface area contributed by atoms with Crippen LogP contribution in [0, 0.1) is 47.3 Å². The molecule has 0 saturated heterocycles. The summed E-state index contributed by atoms with van der Waals surface area (Å²) in [5, 5.41) is 0. The molecule has 8 fully saturated rings. The van der Waals surface area contributed by atoms with E-state index in [1.165, 1.54) is 159 Å². The molecule has 1 spiro atoms. The van der Waals surface area contributed by atoms with Gasteiger partial charge in [-0.3, -0.25) is 0 Å². The zero-order valence-electron chi connectivity index (χ0n) is 42.5. The lowest BCUT2D eigenvalue weighted by Gasteiger charge is -2.54. The molecular weight excluding hydrogens is 879 g/mol. The normalized spacial score (nSPS) is 30.2. The fourth-order valence-corrected chi connectivity index (χ4v) is 19.6. The number of benzene rings is 8. The molecule has 0 aliphatic heterocycles. The molecule has 1 heteroatoms. The first-order valence-corrected chi connectivity index (χ1v) is 28.6. The Morgan fingerprint density at radius 1 is 0.342 bits per heavy atom. The van der Waals surface area contributed by atoms with Crippen molar-refractivity contribution in [3.05, 3.63) is 220 Å². The Morgan fingerprint density at radius 2 is 0.808 bits per heavy atom. The van der Waals surface area contributed by atoms with E-state index in [9.17, 15) is 0 Å². The summed E-state index contributed by atoms with van der Waals surface area (Å²) < 4.78 is 0. The molecule has 0 atom stereocenters. The molecule has 8 aromatic rings. The number of fused-ring (bicyclic) bond motifs is 13. The number of rotatable bonds is 6. The van der Waals surface area contributed by atoms with Gasteiger partial charge in [-0.05, 0) is 226 Å².